The standard InChI is InChI=1S/C17H16F3N3O/c1-11-12(7-8-15(22-11)17(18,19)20)16(24)23-10-4-6-14(23)13-5-2-3-9-21-13/h2-3,5,7-9,14H,4,6,10H2,1H3/t14-/m1/s1. The topological polar surface area (TPSA) is 46.1 Å². The number of pyridine rings is 2. The first-order valence-electron chi connectivity index (χ1n) is 7.64. The molecular formula is C17H16F3N3O. The van der Waals surface area contributed by atoms with Crippen LogP contribution >= 0.6 is 0 Å². The van der Waals surface area contributed by atoms with Crippen LogP contribution in [0.5, 0.6) is 0 Å². The van der Waals surface area contributed by atoms with Crippen LogP contribution in [0.2, 0.25) is 0 Å². The molecule has 24 heavy (non-hydrogen) atoms. The molecule has 1 saturated heterocycles. The number of carbonyl (C=O) groups is 1. The molecule has 1 aliphatic rings. The highest BCUT2D eigenvalue weighted by atomic mass is 19.4. The summed E-state index contributed by atoms with van der Waals surface area (Å²) in [5, 5.41) is 0. The van der Waals surface area contributed by atoms with Gasteiger partial charge in [-0.15, -0.1) is 0 Å². The molecule has 0 bridgehead atoms. The van der Waals surface area contributed by atoms with Crippen LogP contribution in [0.15, 0.2) is 36.5 Å². The summed E-state index contributed by atoms with van der Waals surface area (Å²) in [6, 6.07) is 7.42. The molecule has 0 aromatic carbocycles. The van der Waals surface area contributed by atoms with Crippen molar-refractivity contribution in [1.29, 1.82) is 0 Å². The van der Waals surface area contributed by atoms with Gasteiger partial charge in [0.25, 0.3) is 5.91 Å². The molecule has 0 unspecified atom stereocenters. The Morgan fingerprint density at radius 1 is 1.25 bits per heavy atom. The molecule has 0 radical (unpaired) electrons. The highest BCUT2D eigenvalue weighted by Gasteiger charge is 2.35. The summed E-state index contributed by atoms with van der Waals surface area (Å²) in [4.78, 5) is 22.3. The molecule has 0 saturated carbocycles. The lowest BCUT2D eigenvalue weighted by molar-refractivity contribution is -0.141. The Balaban J connectivity index is 1.89. The summed E-state index contributed by atoms with van der Waals surface area (Å²) < 4.78 is 38.2. The maximum absolute atomic E-state index is 12.8. The van der Waals surface area contributed by atoms with Crippen LogP contribution in [0.3, 0.4) is 0 Å². The molecule has 2 aromatic rings. The van der Waals surface area contributed by atoms with Crippen molar-refractivity contribution in [2.45, 2.75) is 32.0 Å². The van der Waals surface area contributed by atoms with Crippen LogP contribution < -0.4 is 0 Å². The summed E-state index contributed by atoms with van der Waals surface area (Å²) in [7, 11) is 0. The average Bonchev–Trinajstić information content (AvgIpc) is 3.03. The van der Waals surface area contributed by atoms with Gasteiger partial charge in [-0.3, -0.25) is 9.78 Å². The second-order valence-corrected chi connectivity index (χ2v) is 5.74. The third-order valence-electron chi connectivity index (χ3n) is 4.15. The van der Waals surface area contributed by atoms with Crippen LogP contribution in [-0.4, -0.2) is 27.3 Å². The maximum Gasteiger partial charge on any atom is 0.433 e. The number of hydrogen-bond acceptors (Lipinski definition) is 3. The van der Waals surface area contributed by atoms with E-state index in [0.717, 1.165) is 24.6 Å². The smallest absolute Gasteiger partial charge is 0.330 e. The zero-order chi connectivity index (χ0) is 17.3. The number of aryl methyl sites for hydroxylation is 1. The van der Waals surface area contributed by atoms with E-state index in [2.05, 4.69) is 9.97 Å². The molecule has 126 valence electrons. The Morgan fingerprint density at radius 3 is 2.67 bits per heavy atom. The average molecular weight is 335 g/mol. The third-order valence-corrected chi connectivity index (χ3v) is 4.15. The molecule has 7 heteroatoms. The molecule has 1 aliphatic heterocycles. The minimum atomic E-state index is -4.52. The molecular weight excluding hydrogens is 319 g/mol. The van der Waals surface area contributed by atoms with Gasteiger partial charge in [0, 0.05) is 12.7 Å². The van der Waals surface area contributed by atoms with E-state index in [4.69, 9.17) is 0 Å². The summed E-state index contributed by atoms with van der Waals surface area (Å²) in [6.45, 7) is 1.98. The van der Waals surface area contributed by atoms with Gasteiger partial charge in [-0.25, -0.2) is 4.98 Å². The van der Waals surface area contributed by atoms with E-state index in [1.54, 1.807) is 17.2 Å². The second-order valence-electron chi connectivity index (χ2n) is 5.74. The number of carbonyl (C=O) groups excluding carboxylic acids is 1. The first-order chi connectivity index (χ1) is 11.4. The van der Waals surface area contributed by atoms with Crippen LogP contribution in [0.4, 0.5) is 13.2 Å². The molecule has 3 heterocycles. The van der Waals surface area contributed by atoms with Gasteiger partial charge in [0.05, 0.1) is 23.0 Å². The van der Waals surface area contributed by atoms with Gasteiger partial charge in [0.2, 0.25) is 0 Å². The van der Waals surface area contributed by atoms with Crippen LogP contribution in [0, 0.1) is 6.92 Å². The monoisotopic (exact) mass is 335 g/mol. The van der Waals surface area contributed by atoms with Gasteiger partial charge in [-0.2, -0.15) is 13.2 Å². The molecule has 1 atom stereocenters. The Bertz CT molecular complexity index is 746. The number of amides is 1. The van der Waals surface area contributed by atoms with Gasteiger partial charge in [0.15, 0.2) is 0 Å². The van der Waals surface area contributed by atoms with E-state index in [0.29, 0.717) is 6.54 Å². The van der Waals surface area contributed by atoms with E-state index in [1.165, 1.54) is 13.0 Å². The van der Waals surface area contributed by atoms with Crippen LogP contribution in [0.1, 0.15) is 46.3 Å². The fourth-order valence-corrected chi connectivity index (χ4v) is 2.99. The van der Waals surface area contributed by atoms with Crippen molar-refractivity contribution in [3.63, 3.8) is 0 Å². The van der Waals surface area contributed by atoms with Gasteiger partial charge in [-0.1, -0.05) is 6.07 Å². The van der Waals surface area contributed by atoms with Crippen molar-refractivity contribution in [2.75, 3.05) is 6.54 Å². The minimum Gasteiger partial charge on any atom is -0.330 e. The van der Waals surface area contributed by atoms with Crippen molar-refractivity contribution in [2.24, 2.45) is 0 Å². The molecule has 0 N–H and O–H groups in total. The highest BCUT2D eigenvalue weighted by molar-refractivity contribution is 5.95. The first kappa shape index (κ1) is 16.4. The van der Waals surface area contributed by atoms with E-state index < -0.39 is 11.9 Å². The fourth-order valence-electron chi connectivity index (χ4n) is 2.99. The van der Waals surface area contributed by atoms with Crippen molar-refractivity contribution in [3.8, 4) is 0 Å². The lowest BCUT2D eigenvalue weighted by Crippen LogP contribution is -2.31. The maximum atomic E-state index is 12.8. The SMILES string of the molecule is Cc1nc(C(F)(F)F)ccc1C(=O)N1CCC[C@@H]1c1ccccn1. The van der Waals surface area contributed by atoms with Gasteiger partial charge in [-0.05, 0) is 44.0 Å². The molecule has 2 aromatic heterocycles. The summed E-state index contributed by atoms with van der Waals surface area (Å²) in [6.07, 6.45) is -1.23. The Labute approximate surface area is 137 Å². The number of halogens is 3. The minimum absolute atomic E-state index is 0.0847. The second kappa shape index (κ2) is 6.22. The molecule has 4 nitrogen and oxygen atoms in total. The summed E-state index contributed by atoms with van der Waals surface area (Å²) >= 11 is 0. The van der Waals surface area contributed by atoms with Crippen molar-refractivity contribution < 1.29 is 18.0 Å². The molecule has 0 aliphatic carbocycles. The zero-order valence-corrected chi connectivity index (χ0v) is 13.0. The number of rotatable bonds is 2. The normalized spacial score (nSPS) is 18.0. The summed E-state index contributed by atoms with van der Waals surface area (Å²) in [5.41, 5.74) is 0.0902. The fraction of sp³-hybridized carbons (Fsp3) is 0.353. The predicted molar refractivity (Wildman–Crippen MR) is 81.2 cm³/mol. The van der Waals surface area contributed by atoms with E-state index in [-0.39, 0.29) is 23.2 Å². The third kappa shape index (κ3) is 3.11. The van der Waals surface area contributed by atoms with Gasteiger partial charge >= 0.3 is 6.18 Å². The Hall–Kier alpha value is -2.44. The largest absolute Gasteiger partial charge is 0.433 e. The van der Waals surface area contributed by atoms with Gasteiger partial charge < -0.3 is 4.90 Å². The molecule has 1 amide bonds. The van der Waals surface area contributed by atoms with Crippen molar-refractivity contribution in [3.05, 3.63) is 59.2 Å². The Morgan fingerprint density at radius 2 is 2.04 bits per heavy atom. The zero-order valence-electron chi connectivity index (χ0n) is 13.0. The molecule has 0 spiro atoms. The lowest BCUT2D eigenvalue weighted by atomic mass is 10.1. The van der Waals surface area contributed by atoms with Gasteiger partial charge in [0.1, 0.15) is 5.69 Å². The first-order valence-corrected chi connectivity index (χ1v) is 7.64. The van der Waals surface area contributed by atoms with E-state index in [9.17, 15) is 18.0 Å². The van der Waals surface area contributed by atoms with Crippen LogP contribution in [0.25, 0.3) is 0 Å². The number of aromatic nitrogens is 2. The summed E-state index contributed by atoms with van der Waals surface area (Å²) in [5.74, 6) is -0.304. The van der Waals surface area contributed by atoms with E-state index in [1.807, 2.05) is 12.1 Å². The lowest BCUT2D eigenvalue weighted by Gasteiger charge is -2.25. The predicted octanol–water partition coefficient (Wildman–Crippen LogP) is 3.78. The highest BCUT2D eigenvalue weighted by Crippen LogP contribution is 2.33. The van der Waals surface area contributed by atoms with Crippen molar-refractivity contribution >= 4 is 5.91 Å². The van der Waals surface area contributed by atoms with Crippen LogP contribution in [-0.2, 0) is 6.18 Å². The molecule has 1 fully saturated rings. The van der Waals surface area contributed by atoms with E-state index >= 15 is 0 Å². The number of alkyl halides is 3. The van der Waals surface area contributed by atoms with Crippen molar-refractivity contribution in [1.82, 2.24) is 14.9 Å². The number of likely N-dealkylation sites (tertiary alicyclic amines) is 1. The number of nitrogens with zero attached hydrogens (tertiary/aromatic N) is 3. The molecule has 3 rings (SSSR count). The quantitative estimate of drug-likeness (QED) is 0.839. The number of hydrogen-bond donors (Lipinski definition) is 0. The Kier molecular flexibility index (Phi) is 4.26.